The summed E-state index contributed by atoms with van der Waals surface area (Å²) in [6.45, 7) is 7.14. The van der Waals surface area contributed by atoms with Gasteiger partial charge in [-0.05, 0) is 38.5 Å². The van der Waals surface area contributed by atoms with E-state index in [9.17, 15) is 14.4 Å². The van der Waals surface area contributed by atoms with Gasteiger partial charge in [-0.1, -0.05) is 17.8 Å². The monoisotopic (exact) mass is 432 g/mol. The minimum absolute atomic E-state index is 0.117. The molecule has 1 saturated heterocycles. The van der Waals surface area contributed by atoms with Crippen molar-refractivity contribution in [2.45, 2.75) is 40.2 Å². The number of ether oxygens (including phenoxy) is 3. The summed E-state index contributed by atoms with van der Waals surface area (Å²) in [6.07, 6.45) is 0.346. The van der Waals surface area contributed by atoms with Crippen LogP contribution in [0.5, 0.6) is 11.5 Å². The third-order valence-corrected chi connectivity index (χ3v) is 5.49. The van der Waals surface area contributed by atoms with Crippen LogP contribution in [0.25, 0.3) is 0 Å². The number of rotatable bonds is 6. The molecule has 8 nitrogen and oxygen atoms in total. The average molecular weight is 432 g/mol. The number of amidine groups is 1. The molecule has 2 aliphatic rings. The maximum Gasteiger partial charge on any atom is 0.338 e. The molecule has 0 radical (unpaired) electrons. The minimum atomic E-state index is -0.706. The summed E-state index contributed by atoms with van der Waals surface area (Å²) in [7, 11) is 0. The molecule has 1 fully saturated rings. The predicted octanol–water partition coefficient (Wildman–Crippen LogP) is 3.22. The molecule has 30 heavy (non-hydrogen) atoms. The minimum Gasteiger partial charge on any atom is -0.490 e. The second-order valence-electron chi connectivity index (χ2n) is 6.61. The molecular weight excluding hydrogens is 408 g/mol. The van der Waals surface area contributed by atoms with E-state index >= 15 is 0 Å². The molecule has 1 aromatic rings. The Kier molecular flexibility index (Phi) is 6.81. The Morgan fingerprint density at radius 2 is 2.00 bits per heavy atom. The van der Waals surface area contributed by atoms with Crippen molar-refractivity contribution in [1.29, 1.82) is 0 Å². The molecule has 0 aromatic heterocycles. The second kappa shape index (κ2) is 9.34. The molecule has 2 aliphatic heterocycles. The molecular formula is C21H24N2O6S. The van der Waals surface area contributed by atoms with Crippen LogP contribution in [-0.4, -0.2) is 46.9 Å². The van der Waals surface area contributed by atoms with Crippen LogP contribution in [0.3, 0.4) is 0 Å². The normalized spacial score (nSPS) is 18.5. The van der Waals surface area contributed by atoms with E-state index in [1.54, 1.807) is 36.9 Å². The molecule has 2 heterocycles. The van der Waals surface area contributed by atoms with Crippen molar-refractivity contribution in [2.24, 2.45) is 4.99 Å². The van der Waals surface area contributed by atoms with Crippen LogP contribution in [0, 0.1) is 0 Å². The van der Waals surface area contributed by atoms with Gasteiger partial charge in [-0.3, -0.25) is 14.5 Å². The number of amides is 1. The van der Waals surface area contributed by atoms with Crippen molar-refractivity contribution in [3.05, 3.63) is 35.0 Å². The zero-order valence-electron chi connectivity index (χ0n) is 17.4. The molecule has 0 saturated carbocycles. The Labute approximate surface area is 179 Å². The number of nitrogens with zero attached hydrogens (tertiary/aromatic N) is 2. The van der Waals surface area contributed by atoms with Gasteiger partial charge < -0.3 is 14.2 Å². The third kappa shape index (κ3) is 4.35. The van der Waals surface area contributed by atoms with Gasteiger partial charge in [0.05, 0.1) is 30.5 Å². The SMILES string of the molecule is CCOC(=O)C1=C(C)N=C2SCCC(=O)N2[C@@H]1c1ccc(OC(C)=O)c(OCC)c1. The Morgan fingerprint density at radius 3 is 2.67 bits per heavy atom. The third-order valence-electron chi connectivity index (χ3n) is 4.54. The number of thioether (sulfide) groups is 1. The standard InChI is InChI=1S/C21H24N2O6S/c1-5-27-16-11-14(7-8-15(16)29-13(4)24)19-18(20(26)28-6-2)12(3)22-21-23(19)17(25)9-10-30-21/h7-8,11,19H,5-6,9-10H2,1-4H3/t19-/m1/s1. The number of benzene rings is 1. The van der Waals surface area contributed by atoms with Crippen molar-refractivity contribution in [3.8, 4) is 11.5 Å². The van der Waals surface area contributed by atoms with Crippen LogP contribution < -0.4 is 9.47 Å². The fourth-order valence-corrected chi connectivity index (χ4v) is 4.39. The van der Waals surface area contributed by atoms with Crippen molar-refractivity contribution < 1.29 is 28.6 Å². The first-order valence-electron chi connectivity index (χ1n) is 9.73. The molecule has 160 valence electrons. The zero-order valence-corrected chi connectivity index (χ0v) is 18.2. The van der Waals surface area contributed by atoms with E-state index < -0.39 is 18.0 Å². The number of fused-ring (bicyclic) bond motifs is 1. The van der Waals surface area contributed by atoms with E-state index in [2.05, 4.69) is 4.99 Å². The van der Waals surface area contributed by atoms with Crippen molar-refractivity contribution in [3.63, 3.8) is 0 Å². The molecule has 1 aromatic carbocycles. The maximum atomic E-state index is 12.8. The van der Waals surface area contributed by atoms with Crippen molar-refractivity contribution >= 4 is 34.8 Å². The van der Waals surface area contributed by atoms with Crippen LogP contribution in [-0.2, 0) is 19.1 Å². The van der Waals surface area contributed by atoms with E-state index in [-0.39, 0.29) is 18.3 Å². The van der Waals surface area contributed by atoms with Gasteiger partial charge in [0.15, 0.2) is 16.7 Å². The van der Waals surface area contributed by atoms with Gasteiger partial charge in [0.1, 0.15) is 0 Å². The number of aliphatic imine (C=N–C) groups is 1. The highest BCUT2D eigenvalue weighted by molar-refractivity contribution is 8.14. The van der Waals surface area contributed by atoms with Gasteiger partial charge in [-0.25, -0.2) is 9.79 Å². The highest BCUT2D eigenvalue weighted by Gasteiger charge is 2.42. The summed E-state index contributed by atoms with van der Waals surface area (Å²) >= 11 is 1.47. The second-order valence-corrected chi connectivity index (χ2v) is 7.67. The van der Waals surface area contributed by atoms with Crippen LogP contribution in [0.1, 0.15) is 45.7 Å². The van der Waals surface area contributed by atoms with Gasteiger partial charge in [-0.15, -0.1) is 0 Å². The van der Waals surface area contributed by atoms with Gasteiger partial charge in [0.2, 0.25) is 5.91 Å². The lowest BCUT2D eigenvalue weighted by molar-refractivity contribution is -0.139. The molecule has 0 unspecified atom stereocenters. The maximum absolute atomic E-state index is 12.8. The number of hydrogen-bond acceptors (Lipinski definition) is 8. The molecule has 3 rings (SSSR count). The smallest absolute Gasteiger partial charge is 0.338 e. The van der Waals surface area contributed by atoms with Gasteiger partial charge >= 0.3 is 11.9 Å². The molecule has 0 aliphatic carbocycles. The average Bonchev–Trinajstić information content (AvgIpc) is 2.68. The van der Waals surface area contributed by atoms with Gasteiger partial charge in [-0.2, -0.15) is 0 Å². The number of allylic oxidation sites excluding steroid dienone is 1. The molecule has 1 amide bonds. The Bertz CT molecular complexity index is 939. The molecule has 0 N–H and O–H groups in total. The molecule has 1 atom stereocenters. The van der Waals surface area contributed by atoms with E-state index in [0.717, 1.165) is 0 Å². The largest absolute Gasteiger partial charge is 0.490 e. The Morgan fingerprint density at radius 1 is 1.23 bits per heavy atom. The highest BCUT2D eigenvalue weighted by Crippen LogP contribution is 2.42. The number of esters is 2. The fourth-order valence-electron chi connectivity index (χ4n) is 3.38. The lowest BCUT2D eigenvalue weighted by atomic mass is 9.94. The Balaban J connectivity index is 2.14. The molecule has 0 spiro atoms. The van der Waals surface area contributed by atoms with Crippen LogP contribution in [0.2, 0.25) is 0 Å². The van der Waals surface area contributed by atoms with E-state index in [4.69, 9.17) is 14.2 Å². The lowest BCUT2D eigenvalue weighted by Crippen LogP contribution is -2.45. The van der Waals surface area contributed by atoms with Crippen LogP contribution in [0.15, 0.2) is 34.5 Å². The fraction of sp³-hybridized carbons (Fsp3) is 0.429. The first-order valence-corrected chi connectivity index (χ1v) is 10.7. The predicted molar refractivity (Wildman–Crippen MR) is 112 cm³/mol. The first-order chi connectivity index (χ1) is 14.4. The van der Waals surface area contributed by atoms with Gasteiger partial charge in [0, 0.05) is 19.1 Å². The zero-order chi connectivity index (χ0) is 21.8. The van der Waals surface area contributed by atoms with Crippen LogP contribution in [0.4, 0.5) is 0 Å². The van der Waals surface area contributed by atoms with E-state index in [0.29, 0.717) is 46.5 Å². The summed E-state index contributed by atoms with van der Waals surface area (Å²) in [5, 5.41) is 0.559. The molecule has 9 heteroatoms. The number of carbonyl (C=O) groups excluding carboxylic acids is 3. The van der Waals surface area contributed by atoms with Gasteiger partial charge in [0.25, 0.3) is 0 Å². The quantitative estimate of drug-likeness (QED) is 0.503. The summed E-state index contributed by atoms with van der Waals surface area (Å²) in [5.74, 6) is 0.157. The Hall–Kier alpha value is -2.81. The summed E-state index contributed by atoms with van der Waals surface area (Å²) in [6, 6.07) is 4.30. The first kappa shape index (κ1) is 21.9. The molecule has 0 bridgehead atoms. The van der Waals surface area contributed by atoms with Crippen molar-refractivity contribution in [1.82, 2.24) is 4.90 Å². The highest BCUT2D eigenvalue weighted by atomic mass is 32.2. The topological polar surface area (TPSA) is 94.5 Å². The summed E-state index contributed by atoms with van der Waals surface area (Å²) < 4.78 is 16.1. The summed E-state index contributed by atoms with van der Waals surface area (Å²) in [4.78, 5) is 43.1. The number of hydrogen-bond donors (Lipinski definition) is 0. The number of carbonyl (C=O) groups is 3. The summed E-state index contributed by atoms with van der Waals surface area (Å²) in [5.41, 5.74) is 1.45. The lowest BCUT2D eigenvalue weighted by Gasteiger charge is -2.39. The van der Waals surface area contributed by atoms with Crippen LogP contribution >= 0.6 is 11.8 Å². The van der Waals surface area contributed by atoms with E-state index in [1.807, 2.05) is 6.92 Å². The van der Waals surface area contributed by atoms with Crippen molar-refractivity contribution in [2.75, 3.05) is 19.0 Å². The van der Waals surface area contributed by atoms with E-state index in [1.165, 1.54) is 18.7 Å².